The van der Waals surface area contributed by atoms with Gasteiger partial charge < -0.3 is 10.1 Å². The molecule has 4 heteroatoms. The van der Waals surface area contributed by atoms with Gasteiger partial charge in [0.25, 0.3) is 0 Å². The third-order valence-corrected chi connectivity index (χ3v) is 3.91. The summed E-state index contributed by atoms with van der Waals surface area (Å²) in [5.74, 6) is 0.688. The van der Waals surface area contributed by atoms with Crippen LogP contribution in [-0.2, 0) is 0 Å². The largest absolute Gasteiger partial charge is 0.487 e. The smallest absolute Gasteiger partial charge is 0.137 e. The van der Waals surface area contributed by atoms with Crippen molar-refractivity contribution in [2.45, 2.75) is 37.8 Å². The van der Waals surface area contributed by atoms with Crippen LogP contribution < -0.4 is 10.1 Å². The van der Waals surface area contributed by atoms with E-state index in [-0.39, 0.29) is 6.10 Å². The lowest BCUT2D eigenvalue weighted by molar-refractivity contribution is 0.117. The first-order chi connectivity index (χ1) is 8.74. The van der Waals surface area contributed by atoms with Gasteiger partial charge in [0.15, 0.2) is 0 Å². The van der Waals surface area contributed by atoms with Crippen molar-refractivity contribution in [1.29, 1.82) is 5.26 Å². The van der Waals surface area contributed by atoms with E-state index in [9.17, 15) is 0 Å². The van der Waals surface area contributed by atoms with Gasteiger partial charge >= 0.3 is 0 Å². The number of ether oxygens (including phenoxy) is 1. The molecule has 0 bridgehead atoms. The first-order valence-corrected chi connectivity index (χ1v) is 7.07. The Morgan fingerprint density at radius 2 is 2.17 bits per heavy atom. The van der Waals surface area contributed by atoms with Crippen LogP contribution in [0.2, 0.25) is 0 Å². The van der Waals surface area contributed by atoms with Crippen LogP contribution in [0.15, 0.2) is 22.7 Å². The molecule has 2 atom stereocenters. The van der Waals surface area contributed by atoms with Gasteiger partial charge in [-0.2, -0.15) is 5.26 Å². The maximum atomic E-state index is 9.13. The van der Waals surface area contributed by atoms with Crippen LogP contribution in [0.5, 0.6) is 5.75 Å². The summed E-state index contributed by atoms with van der Waals surface area (Å²) in [5, 5.41) is 12.4. The number of nitrogens with zero attached hydrogens (tertiary/aromatic N) is 1. The predicted octanol–water partition coefficient (Wildman–Crippen LogP) is 3.23. The zero-order valence-electron chi connectivity index (χ0n) is 10.4. The van der Waals surface area contributed by atoms with E-state index >= 15 is 0 Å². The van der Waals surface area contributed by atoms with Gasteiger partial charge in [0, 0.05) is 10.5 Å². The Bertz CT molecular complexity index is 456. The SMILES string of the molecule is CNC1CCCCC1Oc1ccc(Br)cc1C#N. The van der Waals surface area contributed by atoms with Gasteiger partial charge in [-0.25, -0.2) is 0 Å². The average molecular weight is 309 g/mol. The van der Waals surface area contributed by atoms with Crippen LogP contribution in [0, 0.1) is 11.3 Å². The minimum absolute atomic E-state index is 0.164. The van der Waals surface area contributed by atoms with Crippen molar-refractivity contribution in [3.63, 3.8) is 0 Å². The highest BCUT2D eigenvalue weighted by Gasteiger charge is 2.26. The Balaban J connectivity index is 2.15. The summed E-state index contributed by atoms with van der Waals surface area (Å²) in [7, 11) is 1.97. The molecule has 1 aromatic rings. The second-order valence-corrected chi connectivity index (χ2v) is 5.50. The van der Waals surface area contributed by atoms with Crippen LogP contribution in [0.3, 0.4) is 0 Å². The molecule has 1 aliphatic rings. The molecule has 18 heavy (non-hydrogen) atoms. The second-order valence-electron chi connectivity index (χ2n) is 4.59. The van der Waals surface area contributed by atoms with E-state index in [2.05, 4.69) is 27.3 Å². The van der Waals surface area contributed by atoms with Crippen LogP contribution in [0.1, 0.15) is 31.2 Å². The molecule has 0 heterocycles. The maximum absolute atomic E-state index is 9.13. The fourth-order valence-electron chi connectivity index (χ4n) is 2.42. The summed E-state index contributed by atoms with van der Waals surface area (Å²) in [4.78, 5) is 0. The third kappa shape index (κ3) is 3.04. The first-order valence-electron chi connectivity index (χ1n) is 6.28. The molecular weight excluding hydrogens is 292 g/mol. The van der Waals surface area contributed by atoms with Crippen molar-refractivity contribution in [2.24, 2.45) is 0 Å². The molecule has 0 radical (unpaired) electrons. The molecule has 0 aliphatic heterocycles. The number of rotatable bonds is 3. The summed E-state index contributed by atoms with van der Waals surface area (Å²) < 4.78 is 6.93. The van der Waals surface area contributed by atoms with Crippen LogP contribution in [-0.4, -0.2) is 19.2 Å². The molecule has 1 fully saturated rings. The van der Waals surface area contributed by atoms with Gasteiger partial charge in [-0.15, -0.1) is 0 Å². The molecule has 1 aliphatic carbocycles. The summed E-state index contributed by atoms with van der Waals surface area (Å²) in [6.07, 6.45) is 4.79. The lowest BCUT2D eigenvalue weighted by Crippen LogP contribution is -2.43. The van der Waals surface area contributed by atoms with Crippen molar-refractivity contribution in [1.82, 2.24) is 5.32 Å². The minimum Gasteiger partial charge on any atom is -0.487 e. The predicted molar refractivity (Wildman–Crippen MR) is 74.6 cm³/mol. The topological polar surface area (TPSA) is 45.0 Å². The molecule has 2 unspecified atom stereocenters. The molecule has 1 saturated carbocycles. The highest BCUT2D eigenvalue weighted by Crippen LogP contribution is 2.27. The Labute approximate surface area is 116 Å². The van der Waals surface area contributed by atoms with Crippen molar-refractivity contribution >= 4 is 15.9 Å². The number of halogens is 1. The van der Waals surface area contributed by atoms with Gasteiger partial charge in [0.1, 0.15) is 17.9 Å². The molecule has 0 saturated heterocycles. The number of benzene rings is 1. The first kappa shape index (κ1) is 13.4. The van der Waals surface area contributed by atoms with E-state index in [1.54, 1.807) is 6.07 Å². The Morgan fingerprint density at radius 3 is 2.89 bits per heavy atom. The molecule has 2 rings (SSSR count). The molecule has 0 amide bonds. The van der Waals surface area contributed by atoms with Crippen LogP contribution >= 0.6 is 15.9 Å². The van der Waals surface area contributed by atoms with E-state index in [1.165, 1.54) is 12.8 Å². The van der Waals surface area contributed by atoms with Crippen molar-refractivity contribution in [2.75, 3.05) is 7.05 Å². The highest BCUT2D eigenvalue weighted by atomic mass is 79.9. The lowest BCUT2D eigenvalue weighted by Gasteiger charge is -2.31. The van der Waals surface area contributed by atoms with Crippen molar-refractivity contribution in [3.8, 4) is 11.8 Å². The summed E-state index contributed by atoms with van der Waals surface area (Å²) in [6, 6.07) is 8.14. The zero-order valence-corrected chi connectivity index (χ0v) is 12.0. The van der Waals surface area contributed by atoms with Crippen LogP contribution in [0.4, 0.5) is 0 Å². The monoisotopic (exact) mass is 308 g/mol. The molecule has 96 valence electrons. The van der Waals surface area contributed by atoms with Crippen LogP contribution in [0.25, 0.3) is 0 Å². The Morgan fingerprint density at radius 1 is 1.39 bits per heavy atom. The van der Waals surface area contributed by atoms with Gasteiger partial charge in [-0.05, 0) is 44.5 Å². The van der Waals surface area contributed by atoms with Gasteiger partial charge in [0.05, 0.1) is 5.56 Å². The fraction of sp³-hybridized carbons (Fsp3) is 0.500. The van der Waals surface area contributed by atoms with E-state index in [4.69, 9.17) is 10.00 Å². The zero-order chi connectivity index (χ0) is 13.0. The lowest BCUT2D eigenvalue weighted by atomic mass is 9.92. The molecular formula is C14H17BrN2O. The summed E-state index contributed by atoms with van der Waals surface area (Å²) in [6.45, 7) is 0. The van der Waals surface area contributed by atoms with E-state index in [1.807, 2.05) is 19.2 Å². The summed E-state index contributed by atoms with van der Waals surface area (Å²) in [5.41, 5.74) is 0.588. The van der Waals surface area contributed by atoms with E-state index < -0.39 is 0 Å². The minimum atomic E-state index is 0.164. The molecule has 3 nitrogen and oxygen atoms in total. The van der Waals surface area contributed by atoms with E-state index in [0.717, 1.165) is 17.3 Å². The van der Waals surface area contributed by atoms with Crippen molar-refractivity contribution < 1.29 is 4.74 Å². The standard InChI is InChI=1S/C14H17BrN2O/c1-17-12-4-2-3-5-14(12)18-13-7-6-11(15)8-10(13)9-16/h6-8,12,14,17H,2-5H2,1H3. The Kier molecular flexibility index (Phi) is 4.62. The van der Waals surface area contributed by atoms with Gasteiger partial charge in [-0.3, -0.25) is 0 Å². The number of nitriles is 1. The maximum Gasteiger partial charge on any atom is 0.137 e. The molecule has 0 aromatic heterocycles. The average Bonchev–Trinajstić information content (AvgIpc) is 2.41. The second kappa shape index (κ2) is 6.21. The quantitative estimate of drug-likeness (QED) is 0.932. The summed E-state index contributed by atoms with van der Waals surface area (Å²) >= 11 is 3.37. The van der Waals surface area contributed by atoms with Gasteiger partial charge in [0.2, 0.25) is 0 Å². The number of nitrogens with one attached hydrogen (secondary N) is 1. The molecule has 1 N–H and O–H groups in total. The number of hydrogen-bond acceptors (Lipinski definition) is 3. The third-order valence-electron chi connectivity index (χ3n) is 3.41. The fourth-order valence-corrected chi connectivity index (χ4v) is 2.78. The number of hydrogen-bond donors (Lipinski definition) is 1. The molecule has 0 spiro atoms. The Hall–Kier alpha value is -1.05. The highest BCUT2D eigenvalue weighted by molar-refractivity contribution is 9.10. The van der Waals surface area contributed by atoms with Gasteiger partial charge in [-0.1, -0.05) is 22.4 Å². The van der Waals surface area contributed by atoms with Crippen molar-refractivity contribution in [3.05, 3.63) is 28.2 Å². The molecule has 1 aromatic carbocycles. The normalized spacial score (nSPS) is 23.4. The number of likely N-dealkylation sites (N-methyl/N-ethyl adjacent to an activating group) is 1. The van der Waals surface area contributed by atoms with E-state index in [0.29, 0.717) is 17.4 Å².